The molecule has 70 valence electrons. The van der Waals surface area contributed by atoms with E-state index in [1.807, 2.05) is 0 Å². The molecule has 1 aliphatic rings. The van der Waals surface area contributed by atoms with Gasteiger partial charge in [-0.25, -0.2) is 0 Å². The lowest BCUT2D eigenvalue weighted by Gasteiger charge is -2.09. The van der Waals surface area contributed by atoms with Gasteiger partial charge in [0.2, 0.25) is 0 Å². The van der Waals surface area contributed by atoms with E-state index in [4.69, 9.17) is 6.42 Å². The third kappa shape index (κ3) is 1.17. The zero-order valence-electron chi connectivity index (χ0n) is 7.49. The van der Waals surface area contributed by atoms with E-state index in [9.17, 15) is 9.59 Å². The number of hydrogen-bond donors (Lipinski definition) is 0. The van der Waals surface area contributed by atoms with Gasteiger partial charge in [-0.15, -0.1) is 12.3 Å². The summed E-state index contributed by atoms with van der Waals surface area (Å²) in [7, 11) is 2.44. The first-order valence-corrected chi connectivity index (χ1v) is 3.76. The van der Waals surface area contributed by atoms with E-state index in [1.54, 1.807) is 0 Å². The second kappa shape index (κ2) is 3.09. The summed E-state index contributed by atoms with van der Waals surface area (Å²) >= 11 is 0. The second-order valence-electron chi connectivity index (χ2n) is 2.88. The summed E-state index contributed by atoms with van der Waals surface area (Å²) in [4.78, 5) is 22.5. The molecular formula is C9H10O4. The molecule has 1 aliphatic carbocycles. The Labute approximate surface area is 76.2 Å². The summed E-state index contributed by atoms with van der Waals surface area (Å²) in [5, 5.41) is 0. The highest BCUT2D eigenvalue weighted by atomic mass is 16.5. The Morgan fingerprint density at radius 2 is 1.85 bits per heavy atom. The van der Waals surface area contributed by atoms with Crippen molar-refractivity contribution in [1.82, 2.24) is 0 Å². The van der Waals surface area contributed by atoms with Gasteiger partial charge in [-0.1, -0.05) is 0 Å². The number of ether oxygens (including phenoxy) is 2. The molecule has 0 aromatic carbocycles. The van der Waals surface area contributed by atoms with Gasteiger partial charge < -0.3 is 9.47 Å². The molecule has 0 amide bonds. The SMILES string of the molecule is C#CC1CC1(C(=O)OC)C(=O)OC. The van der Waals surface area contributed by atoms with Crippen molar-refractivity contribution in [1.29, 1.82) is 0 Å². The minimum atomic E-state index is -1.22. The molecule has 0 saturated heterocycles. The number of carbonyl (C=O) groups excluding carboxylic acids is 2. The molecular weight excluding hydrogens is 172 g/mol. The van der Waals surface area contributed by atoms with Gasteiger partial charge in [0, 0.05) is 5.92 Å². The highest BCUT2D eigenvalue weighted by molar-refractivity contribution is 6.04. The molecule has 0 aromatic rings. The summed E-state index contributed by atoms with van der Waals surface area (Å²) in [6.07, 6.45) is 5.45. The fourth-order valence-electron chi connectivity index (χ4n) is 1.36. The normalized spacial score (nSPS) is 22.7. The van der Waals surface area contributed by atoms with Gasteiger partial charge >= 0.3 is 11.9 Å². The van der Waals surface area contributed by atoms with Crippen molar-refractivity contribution >= 4 is 11.9 Å². The largest absolute Gasteiger partial charge is 0.468 e. The Morgan fingerprint density at radius 1 is 1.38 bits per heavy atom. The predicted octanol–water partition coefficient (Wildman–Crippen LogP) is -0.0281. The van der Waals surface area contributed by atoms with E-state index in [1.165, 1.54) is 14.2 Å². The van der Waals surface area contributed by atoms with Crippen LogP contribution >= 0.6 is 0 Å². The lowest BCUT2D eigenvalue weighted by Crippen LogP contribution is -2.30. The molecule has 0 aliphatic heterocycles. The van der Waals surface area contributed by atoms with Gasteiger partial charge in [-0.3, -0.25) is 9.59 Å². The summed E-state index contributed by atoms with van der Waals surface area (Å²) in [6.45, 7) is 0. The lowest BCUT2D eigenvalue weighted by atomic mass is 10.1. The number of rotatable bonds is 2. The van der Waals surface area contributed by atoms with Crippen LogP contribution in [-0.4, -0.2) is 26.2 Å². The molecule has 1 atom stereocenters. The zero-order chi connectivity index (χ0) is 10.1. The van der Waals surface area contributed by atoms with Gasteiger partial charge in [0.05, 0.1) is 14.2 Å². The molecule has 0 heterocycles. The Hall–Kier alpha value is -1.50. The van der Waals surface area contributed by atoms with E-state index in [0.29, 0.717) is 6.42 Å². The molecule has 1 saturated carbocycles. The van der Waals surface area contributed by atoms with Crippen LogP contribution in [0.4, 0.5) is 0 Å². The van der Waals surface area contributed by atoms with Gasteiger partial charge in [0.15, 0.2) is 5.41 Å². The fourth-order valence-corrected chi connectivity index (χ4v) is 1.36. The van der Waals surface area contributed by atoms with E-state index in [2.05, 4.69) is 15.4 Å². The fraction of sp³-hybridized carbons (Fsp3) is 0.556. The number of esters is 2. The molecule has 1 rings (SSSR count). The molecule has 4 nitrogen and oxygen atoms in total. The van der Waals surface area contributed by atoms with Crippen LogP contribution in [0.5, 0.6) is 0 Å². The predicted molar refractivity (Wildman–Crippen MR) is 43.4 cm³/mol. The van der Waals surface area contributed by atoms with Crippen LogP contribution in [0, 0.1) is 23.7 Å². The zero-order valence-corrected chi connectivity index (χ0v) is 7.49. The van der Waals surface area contributed by atoms with Crippen molar-refractivity contribution < 1.29 is 19.1 Å². The molecule has 0 N–H and O–H groups in total. The van der Waals surface area contributed by atoms with Gasteiger partial charge in [0.25, 0.3) is 0 Å². The number of hydrogen-bond acceptors (Lipinski definition) is 4. The third-order valence-electron chi connectivity index (χ3n) is 2.26. The highest BCUT2D eigenvalue weighted by Crippen LogP contribution is 2.53. The molecule has 0 aromatic heterocycles. The maximum absolute atomic E-state index is 11.2. The van der Waals surface area contributed by atoms with E-state index >= 15 is 0 Å². The quantitative estimate of drug-likeness (QED) is 0.342. The van der Waals surface area contributed by atoms with Gasteiger partial charge in [0.1, 0.15) is 0 Å². The summed E-state index contributed by atoms with van der Waals surface area (Å²) in [5.74, 6) is 0.759. The maximum Gasteiger partial charge on any atom is 0.324 e. The minimum absolute atomic E-state index is 0.322. The van der Waals surface area contributed by atoms with E-state index in [-0.39, 0.29) is 5.92 Å². The first-order chi connectivity index (χ1) is 6.13. The lowest BCUT2D eigenvalue weighted by molar-refractivity contribution is -0.161. The van der Waals surface area contributed by atoms with E-state index in [0.717, 1.165) is 0 Å². The summed E-state index contributed by atoms with van der Waals surface area (Å²) in [6, 6.07) is 0. The molecule has 0 bridgehead atoms. The molecule has 1 unspecified atom stereocenters. The van der Waals surface area contributed by atoms with Crippen molar-refractivity contribution in [3.63, 3.8) is 0 Å². The summed E-state index contributed by atoms with van der Waals surface area (Å²) < 4.78 is 8.99. The second-order valence-corrected chi connectivity index (χ2v) is 2.88. The standard InChI is InChI=1S/C9H10O4/c1-4-6-5-9(6,7(10)12-2)8(11)13-3/h1,6H,5H2,2-3H3. The number of methoxy groups -OCH3 is 2. The minimum Gasteiger partial charge on any atom is -0.468 e. The van der Waals surface area contributed by atoms with Crippen LogP contribution in [0.2, 0.25) is 0 Å². The molecule has 1 fully saturated rings. The van der Waals surface area contributed by atoms with Crippen LogP contribution in [0.1, 0.15) is 6.42 Å². The average Bonchev–Trinajstić information content (AvgIpc) is 2.91. The highest BCUT2D eigenvalue weighted by Gasteiger charge is 2.67. The van der Waals surface area contributed by atoms with Crippen molar-refractivity contribution in [2.45, 2.75) is 6.42 Å². The van der Waals surface area contributed by atoms with Crippen LogP contribution in [0.3, 0.4) is 0 Å². The molecule has 0 radical (unpaired) electrons. The Balaban J connectivity index is 2.88. The molecule has 4 heteroatoms. The Morgan fingerprint density at radius 3 is 2.08 bits per heavy atom. The first kappa shape index (κ1) is 9.59. The number of carbonyl (C=O) groups is 2. The first-order valence-electron chi connectivity index (χ1n) is 3.76. The Kier molecular flexibility index (Phi) is 2.28. The summed E-state index contributed by atoms with van der Waals surface area (Å²) in [5.41, 5.74) is -1.22. The van der Waals surface area contributed by atoms with Crippen molar-refractivity contribution in [2.75, 3.05) is 14.2 Å². The third-order valence-corrected chi connectivity index (χ3v) is 2.26. The van der Waals surface area contributed by atoms with Crippen molar-refractivity contribution in [3.8, 4) is 12.3 Å². The van der Waals surface area contributed by atoms with Crippen LogP contribution < -0.4 is 0 Å². The van der Waals surface area contributed by atoms with Gasteiger partial charge in [-0.05, 0) is 6.42 Å². The van der Waals surface area contributed by atoms with Crippen LogP contribution in [-0.2, 0) is 19.1 Å². The molecule has 0 spiro atoms. The molecule has 13 heavy (non-hydrogen) atoms. The monoisotopic (exact) mass is 182 g/mol. The average molecular weight is 182 g/mol. The smallest absolute Gasteiger partial charge is 0.324 e. The maximum atomic E-state index is 11.2. The van der Waals surface area contributed by atoms with Crippen LogP contribution in [0.25, 0.3) is 0 Å². The van der Waals surface area contributed by atoms with Crippen molar-refractivity contribution in [3.05, 3.63) is 0 Å². The van der Waals surface area contributed by atoms with E-state index < -0.39 is 17.4 Å². The van der Waals surface area contributed by atoms with Gasteiger partial charge in [-0.2, -0.15) is 0 Å². The van der Waals surface area contributed by atoms with Crippen molar-refractivity contribution in [2.24, 2.45) is 11.3 Å². The topological polar surface area (TPSA) is 52.6 Å². The number of terminal acetylenes is 1. The van der Waals surface area contributed by atoms with Crippen LogP contribution in [0.15, 0.2) is 0 Å². The Bertz CT molecular complexity index is 270.